The average Bonchev–Trinajstić information content (AvgIpc) is 2.89. The first-order valence-corrected chi connectivity index (χ1v) is 13.6. The van der Waals surface area contributed by atoms with Crippen LogP contribution in [0.3, 0.4) is 0 Å². The van der Waals surface area contributed by atoms with Gasteiger partial charge in [0.15, 0.2) is 0 Å². The zero-order chi connectivity index (χ0) is 27.3. The summed E-state index contributed by atoms with van der Waals surface area (Å²) in [6, 6.07) is 23.8. The lowest BCUT2D eigenvalue weighted by molar-refractivity contribution is -0.384. The van der Waals surface area contributed by atoms with Crippen LogP contribution in [0.5, 0.6) is 5.75 Å². The van der Waals surface area contributed by atoms with Crippen LogP contribution in [0.15, 0.2) is 106 Å². The molecule has 0 aliphatic heterocycles. The quantitative estimate of drug-likeness (QED) is 0.190. The molecule has 38 heavy (non-hydrogen) atoms. The second kappa shape index (κ2) is 11.4. The summed E-state index contributed by atoms with van der Waals surface area (Å²) in [5, 5.41) is 13.8. The Bertz CT molecular complexity index is 1590. The average molecular weight is 550 g/mol. The van der Waals surface area contributed by atoms with E-state index < -0.39 is 20.9 Å². The molecule has 11 heteroatoms. The largest absolute Gasteiger partial charge is 0.495 e. The van der Waals surface area contributed by atoms with E-state index in [2.05, 4.69) is 10.0 Å². The number of nitro groups is 1. The Labute approximate surface area is 224 Å². The molecule has 0 aliphatic carbocycles. The molecular formula is C27H23N3O6S2. The second-order valence-corrected chi connectivity index (χ2v) is 10.9. The van der Waals surface area contributed by atoms with Crippen molar-refractivity contribution in [1.82, 2.24) is 0 Å². The number of non-ortho nitro benzene ring substituents is 1. The van der Waals surface area contributed by atoms with Crippen LogP contribution < -0.4 is 14.8 Å². The molecule has 0 saturated carbocycles. The Balaban J connectivity index is 1.76. The number of methoxy groups -OCH3 is 1. The van der Waals surface area contributed by atoms with Gasteiger partial charge in [-0.1, -0.05) is 47.7 Å². The smallest absolute Gasteiger partial charge is 0.269 e. The molecule has 0 saturated heterocycles. The second-order valence-electron chi connectivity index (χ2n) is 8.10. The van der Waals surface area contributed by atoms with E-state index in [1.807, 2.05) is 6.92 Å². The lowest BCUT2D eigenvalue weighted by Crippen LogP contribution is -2.19. The summed E-state index contributed by atoms with van der Waals surface area (Å²) in [5.41, 5.74) is 1.40. The molecule has 0 atom stereocenters. The molecule has 0 heterocycles. The first-order chi connectivity index (χ1) is 18.2. The summed E-state index contributed by atoms with van der Waals surface area (Å²) in [7, 11) is -2.54. The van der Waals surface area contributed by atoms with Crippen molar-refractivity contribution < 1.29 is 22.9 Å². The van der Waals surface area contributed by atoms with Crippen LogP contribution in [0, 0.1) is 17.0 Å². The van der Waals surface area contributed by atoms with Crippen LogP contribution in [-0.4, -0.2) is 26.4 Å². The van der Waals surface area contributed by atoms with Crippen molar-refractivity contribution in [2.24, 2.45) is 0 Å². The fraction of sp³-hybridized carbons (Fsp3) is 0.0741. The number of aryl methyl sites for hydroxylation is 1. The van der Waals surface area contributed by atoms with Gasteiger partial charge in [0, 0.05) is 21.9 Å². The van der Waals surface area contributed by atoms with E-state index in [1.165, 1.54) is 49.2 Å². The van der Waals surface area contributed by atoms with Crippen molar-refractivity contribution >= 4 is 44.8 Å². The molecule has 2 N–H and O–H groups in total. The minimum atomic E-state index is -4.02. The van der Waals surface area contributed by atoms with Gasteiger partial charge in [0.1, 0.15) is 5.75 Å². The first kappa shape index (κ1) is 26.7. The minimum absolute atomic E-state index is 0.0487. The van der Waals surface area contributed by atoms with Gasteiger partial charge in [0.25, 0.3) is 21.6 Å². The van der Waals surface area contributed by atoms with Crippen LogP contribution in [0.1, 0.15) is 15.9 Å². The highest BCUT2D eigenvalue weighted by Crippen LogP contribution is 2.36. The van der Waals surface area contributed by atoms with E-state index in [-0.39, 0.29) is 21.8 Å². The van der Waals surface area contributed by atoms with E-state index in [1.54, 1.807) is 60.7 Å². The predicted octanol–water partition coefficient (Wildman–Crippen LogP) is 6.12. The molecule has 0 radical (unpaired) electrons. The molecule has 0 unspecified atom stereocenters. The number of anilines is 2. The summed E-state index contributed by atoms with van der Waals surface area (Å²) < 4.78 is 34.2. The van der Waals surface area contributed by atoms with Gasteiger partial charge in [-0.25, -0.2) is 8.42 Å². The summed E-state index contributed by atoms with van der Waals surface area (Å²) in [4.78, 5) is 25.3. The number of sulfonamides is 1. The Morgan fingerprint density at radius 2 is 1.55 bits per heavy atom. The third kappa shape index (κ3) is 6.13. The topological polar surface area (TPSA) is 128 Å². The standard InChI is InChI=1S/C27H23N3O6S2/c1-18-10-16-21(17-11-18)38(34,35)29-23-7-5-9-25(37-20-14-12-19(13-15-20)30(32)33)26(23)27(31)28-22-6-3-4-8-24(22)36-2/h3-17,29H,1-2H3,(H,28,31). The first-order valence-electron chi connectivity index (χ1n) is 11.3. The lowest BCUT2D eigenvalue weighted by atomic mass is 10.1. The van der Waals surface area contributed by atoms with Crippen molar-refractivity contribution in [3.05, 3.63) is 112 Å². The summed E-state index contributed by atoms with van der Waals surface area (Å²) >= 11 is 1.17. The number of amides is 1. The van der Waals surface area contributed by atoms with Crippen molar-refractivity contribution in [2.45, 2.75) is 21.6 Å². The molecule has 0 spiro atoms. The van der Waals surface area contributed by atoms with Crippen molar-refractivity contribution in [3.8, 4) is 5.75 Å². The Morgan fingerprint density at radius 3 is 2.21 bits per heavy atom. The van der Waals surface area contributed by atoms with Crippen molar-refractivity contribution in [1.29, 1.82) is 0 Å². The SMILES string of the molecule is COc1ccccc1NC(=O)c1c(NS(=O)(=O)c2ccc(C)cc2)cccc1Sc1ccc([N+](=O)[O-])cc1. The summed E-state index contributed by atoms with van der Waals surface area (Å²) in [6.45, 7) is 1.85. The molecule has 9 nitrogen and oxygen atoms in total. The number of hydrogen-bond donors (Lipinski definition) is 2. The van der Waals surface area contributed by atoms with Crippen LogP contribution >= 0.6 is 11.8 Å². The molecule has 0 aliphatic rings. The van der Waals surface area contributed by atoms with Crippen LogP contribution in [0.25, 0.3) is 0 Å². The minimum Gasteiger partial charge on any atom is -0.495 e. The number of benzene rings is 4. The normalized spacial score (nSPS) is 11.0. The van der Waals surface area contributed by atoms with E-state index in [4.69, 9.17) is 4.74 Å². The zero-order valence-electron chi connectivity index (χ0n) is 20.4. The molecule has 194 valence electrons. The number of carbonyl (C=O) groups is 1. The molecule has 4 aromatic rings. The molecule has 0 bridgehead atoms. The monoisotopic (exact) mass is 549 g/mol. The fourth-order valence-corrected chi connectivity index (χ4v) is 5.60. The van der Waals surface area contributed by atoms with Crippen molar-refractivity contribution in [2.75, 3.05) is 17.1 Å². The number of nitrogens with one attached hydrogen (secondary N) is 2. The Hall–Kier alpha value is -4.35. The molecular weight excluding hydrogens is 526 g/mol. The predicted molar refractivity (Wildman–Crippen MR) is 147 cm³/mol. The lowest BCUT2D eigenvalue weighted by Gasteiger charge is -2.17. The van der Waals surface area contributed by atoms with E-state index in [0.29, 0.717) is 21.2 Å². The third-order valence-corrected chi connectivity index (χ3v) is 7.91. The number of hydrogen-bond acceptors (Lipinski definition) is 7. The van der Waals surface area contributed by atoms with Crippen molar-refractivity contribution in [3.63, 3.8) is 0 Å². The summed E-state index contributed by atoms with van der Waals surface area (Å²) in [6.07, 6.45) is 0. The number of para-hydroxylation sites is 2. The molecule has 4 rings (SSSR count). The number of rotatable bonds is 9. The van der Waals surface area contributed by atoms with Gasteiger partial charge < -0.3 is 10.1 Å². The van der Waals surface area contributed by atoms with Gasteiger partial charge in [0.05, 0.1) is 33.9 Å². The number of nitro benzene ring substituents is 1. The van der Waals surface area contributed by atoms with Gasteiger partial charge in [-0.15, -0.1) is 0 Å². The van der Waals surface area contributed by atoms with Gasteiger partial charge >= 0.3 is 0 Å². The number of ether oxygens (including phenoxy) is 1. The number of nitrogens with zero attached hydrogens (tertiary/aromatic N) is 1. The third-order valence-electron chi connectivity index (χ3n) is 5.46. The van der Waals surface area contributed by atoms with Crippen LogP contribution in [0.2, 0.25) is 0 Å². The zero-order valence-corrected chi connectivity index (χ0v) is 22.0. The van der Waals surface area contributed by atoms with E-state index in [9.17, 15) is 23.3 Å². The van der Waals surface area contributed by atoms with Crippen LogP contribution in [0.4, 0.5) is 17.1 Å². The molecule has 1 amide bonds. The molecule has 4 aromatic carbocycles. The van der Waals surface area contributed by atoms with Gasteiger partial charge in [-0.05, 0) is 55.5 Å². The highest BCUT2D eigenvalue weighted by molar-refractivity contribution is 7.99. The summed E-state index contributed by atoms with van der Waals surface area (Å²) in [5.74, 6) is -0.135. The van der Waals surface area contributed by atoms with Gasteiger partial charge in [-0.2, -0.15) is 0 Å². The van der Waals surface area contributed by atoms with E-state index >= 15 is 0 Å². The maximum absolute atomic E-state index is 13.6. The van der Waals surface area contributed by atoms with E-state index in [0.717, 1.165) is 5.56 Å². The number of carbonyl (C=O) groups excluding carboxylic acids is 1. The molecule has 0 fully saturated rings. The Morgan fingerprint density at radius 1 is 0.895 bits per heavy atom. The van der Waals surface area contributed by atoms with Gasteiger partial charge in [0.2, 0.25) is 0 Å². The van der Waals surface area contributed by atoms with Gasteiger partial charge in [-0.3, -0.25) is 19.6 Å². The van der Waals surface area contributed by atoms with Crippen LogP contribution in [-0.2, 0) is 10.0 Å². The molecule has 0 aromatic heterocycles. The maximum Gasteiger partial charge on any atom is 0.269 e. The maximum atomic E-state index is 13.6. The Kier molecular flexibility index (Phi) is 7.99. The highest BCUT2D eigenvalue weighted by atomic mass is 32.2. The highest BCUT2D eigenvalue weighted by Gasteiger charge is 2.23. The fourth-order valence-electron chi connectivity index (χ4n) is 3.55.